The van der Waals surface area contributed by atoms with Gasteiger partial charge in [-0.3, -0.25) is 0 Å². The second kappa shape index (κ2) is 7.68. The first-order chi connectivity index (χ1) is 9.33. The highest BCUT2D eigenvalue weighted by Crippen LogP contribution is 2.30. The first-order valence-electron chi connectivity index (χ1n) is 5.85. The van der Waals surface area contributed by atoms with Crippen LogP contribution in [-0.4, -0.2) is 24.4 Å². The SMILES string of the molecule is CCNCc1cc(F)c(OCCSC(F)(F)F)c(F)c1. The molecule has 0 amide bonds. The van der Waals surface area contributed by atoms with E-state index in [-0.39, 0.29) is 11.8 Å². The van der Waals surface area contributed by atoms with Gasteiger partial charge in [0.1, 0.15) is 0 Å². The maximum absolute atomic E-state index is 13.6. The highest BCUT2D eigenvalue weighted by atomic mass is 32.2. The molecule has 0 bridgehead atoms. The first kappa shape index (κ1) is 17.0. The Labute approximate surface area is 117 Å². The lowest BCUT2D eigenvalue weighted by Crippen LogP contribution is -2.13. The minimum absolute atomic E-state index is 0.300. The van der Waals surface area contributed by atoms with Gasteiger partial charge in [-0.25, -0.2) is 8.78 Å². The summed E-state index contributed by atoms with van der Waals surface area (Å²) in [4.78, 5) is 0. The van der Waals surface area contributed by atoms with Crippen LogP contribution in [0.3, 0.4) is 0 Å². The number of rotatable bonds is 7. The van der Waals surface area contributed by atoms with Crippen LogP contribution in [-0.2, 0) is 6.54 Å². The van der Waals surface area contributed by atoms with Gasteiger partial charge in [0.05, 0.1) is 6.61 Å². The van der Waals surface area contributed by atoms with Gasteiger partial charge < -0.3 is 10.1 Å². The van der Waals surface area contributed by atoms with Gasteiger partial charge in [-0.1, -0.05) is 6.92 Å². The van der Waals surface area contributed by atoms with Crippen molar-refractivity contribution < 1.29 is 26.7 Å². The number of hydrogen-bond donors (Lipinski definition) is 1. The molecule has 0 radical (unpaired) electrons. The third kappa shape index (κ3) is 5.96. The van der Waals surface area contributed by atoms with Crippen LogP contribution in [0.5, 0.6) is 5.75 Å². The molecule has 0 aliphatic heterocycles. The van der Waals surface area contributed by atoms with Gasteiger partial charge in [-0.15, -0.1) is 0 Å². The molecule has 114 valence electrons. The Morgan fingerprint density at radius 2 is 1.80 bits per heavy atom. The van der Waals surface area contributed by atoms with E-state index in [2.05, 4.69) is 5.32 Å². The number of alkyl halides is 3. The predicted octanol–water partition coefficient (Wildman–Crippen LogP) is 3.71. The van der Waals surface area contributed by atoms with E-state index in [0.29, 0.717) is 18.7 Å². The van der Waals surface area contributed by atoms with Crippen molar-refractivity contribution in [1.82, 2.24) is 5.32 Å². The van der Waals surface area contributed by atoms with E-state index in [1.807, 2.05) is 6.92 Å². The second-order valence-electron chi connectivity index (χ2n) is 3.81. The molecule has 2 nitrogen and oxygen atoms in total. The van der Waals surface area contributed by atoms with E-state index in [1.165, 1.54) is 0 Å². The van der Waals surface area contributed by atoms with Gasteiger partial charge in [0, 0.05) is 12.3 Å². The topological polar surface area (TPSA) is 21.3 Å². The summed E-state index contributed by atoms with van der Waals surface area (Å²) in [5.41, 5.74) is -3.98. The zero-order chi connectivity index (χ0) is 15.2. The zero-order valence-corrected chi connectivity index (χ0v) is 11.5. The van der Waals surface area contributed by atoms with Crippen molar-refractivity contribution in [1.29, 1.82) is 0 Å². The summed E-state index contributed by atoms with van der Waals surface area (Å²) in [5.74, 6) is -2.92. The molecule has 0 heterocycles. The minimum atomic E-state index is -4.38. The highest BCUT2D eigenvalue weighted by molar-refractivity contribution is 8.00. The third-order valence-electron chi connectivity index (χ3n) is 2.23. The van der Waals surface area contributed by atoms with Crippen LogP contribution in [0.15, 0.2) is 12.1 Å². The summed E-state index contributed by atoms with van der Waals surface area (Å²) >= 11 is -0.301. The van der Waals surface area contributed by atoms with Crippen LogP contribution in [0, 0.1) is 11.6 Å². The normalized spacial score (nSPS) is 11.7. The second-order valence-corrected chi connectivity index (χ2v) is 4.97. The van der Waals surface area contributed by atoms with Crippen LogP contribution in [0.2, 0.25) is 0 Å². The summed E-state index contributed by atoms with van der Waals surface area (Å²) in [5, 5.41) is 2.90. The minimum Gasteiger partial charge on any atom is -0.487 e. The molecular formula is C12H14F5NOS. The fourth-order valence-electron chi connectivity index (χ4n) is 1.42. The van der Waals surface area contributed by atoms with E-state index < -0.39 is 35.3 Å². The molecule has 0 fully saturated rings. The fourth-order valence-corrected chi connectivity index (χ4v) is 1.82. The van der Waals surface area contributed by atoms with E-state index in [1.54, 1.807) is 0 Å². The van der Waals surface area contributed by atoms with Crippen molar-refractivity contribution in [2.45, 2.75) is 19.0 Å². The van der Waals surface area contributed by atoms with Crippen molar-refractivity contribution in [3.05, 3.63) is 29.3 Å². The molecule has 0 saturated heterocycles. The van der Waals surface area contributed by atoms with Crippen LogP contribution in [0.1, 0.15) is 12.5 Å². The van der Waals surface area contributed by atoms with E-state index in [9.17, 15) is 22.0 Å². The number of thioether (sulfide) groups is 1. The zero-order valence-electron chi connectivity index (χ0n) is 10.7. The van der Waals surface area contributed by atoms with Crippen LogP contribution >= 0.6 is 11.8 Å². The number of hydrogen-bond acceptors (Lipinski definition) is 3. The summed E-state index contributed by atoms with van der Waals surface area (Å²) in [7, 11) is 0. The number of ether oxygens (including phenoxy) is 1. The molecule has 0 unspecified atom stereocenters. The predicted molar refractivity (Wildman–Crippen MR) is 67.7 cm³/mol. The highest BCUT2D eigenvalue weighted by Gasteiger charge is 2.27. The van der Waals surface area contributed by atoms with Crippen molar-refractivity contribution in [2.75, 3.05) is 18.9 Å². The smallest absolute Gasteiger partial charge is 0.441 e. The van der Waals surface area contributed by atoms with Crippen molar-refractivity contribution in [3.63, 3.8) is 0 Å². The van der Waals surface area contributed by atoms with Gasteiger partial charge in [0.25, 0.3) is 0 Å². The van der Waals surface area contributed by atoms with Crippen LogP contribution in [0.25, 0.3) is 0 Å². The van der Waals surface area contributed by atoms with E-state index in [4.69, 9.17) is 4.74 Å². The van der Waals surface area contributed by atoms with E-state index >= 15 is 0 Å². The summed E-state index contributed by atoms with van der Waals surface area (Å²) in [6, 6.07) is 2.19. The maximum atomic E-state index is 13.6. The lowest BCUT2D eigenvalue weighted by Gasteiger charge is -2.11. The number of nitrogens with one attached hydrogen (secondary N) is 1. The van der Waals surface area contributed by atoms with Crippen LogP contribution in [0.4, 0.5) is 22.0 Å². The molecule has 20 heavy (non-hydrogen) atoms. The standard InChI is InChI=1S/C12H14F5NOS/c1-2-18-7-8-5-9(13)11(10(14)6-8)19-3-4-20-12(15,16)17/h5-6,18H,2-4,7H2,1H3. The summed E-state index contributed by atoms with van der Waals surface area (Å²) in [6.45, 7) is 2.37. The summed E-state index contributed by atoms with van der Waals surface area (Å²) in [6.07, 6.45) is 0. The quantitative estimate of drug-likeness (QED) is 0.612. The molecule has 0 aromatic heterocycles. The molecule has 1 N–H and O–H groups in total. The Kier molecular flexibility index (Phi) is 6.54. The molecule has 0 saturated carbocycles. The van der Waals surface area contributed by atoms with Crippen molar-refractivity contribution in [2.24, 2.45) is 0 Å². The molecule has 8 heteroatoms. The first-order valence-corrected chi connectivity index (χ1v) is 6.84. The lowest BCUT2D eigenvalue weighted by atomic mass is 10.2. The lowest BCUT2D eigenvalue weighted by molar-refractivity contribution is -0.0329. The Bertz CT molecular complexity index is 415. The average molecular weight is 315 g/mol. The van der Waals surface area contributed by atoms with E-state index in [0.717, 1.165) is 12.1 Å². The molecule has 0 aliphatic carbocycles. The Hall–Kier alpha value is -1.02. The average Bonchev–Trinajstić information content (AvgIpc) is 2.33. The van der Waals surface area contributed by atoms with Crippen molar-refractivity contribution in [3.8, 4) is 5.75 Å². The fraction of sp³-hybridized carbons (Fsp3) is 0.500. The van der Waals surface area contributed by atoms with Gasteiger partial charge in [0.15, 0.2) is 17.4 Å². The van der Waals surface area contributed by atoms with Gasteiger partial charge in [0.2, 0.25) is 0 Å². The molecule has 1 rings (SSSR count). The number of benzene rings is 1. The maximum Gasteiger partial charge on any atom is 0.441 e. The molecular weight excluding hydrogens is 301 g/mol. The summed E-state index contributed by atoms with van der Waals surface area (Å²) < 4.78 is 67.5. The molecule has 0 aliphatic rings. The Morgan fingerprint density at radius 1 is 1.20 bits per heavy atom. The monoisotopic (exact) mass is 315 g/mol. The number of halogens is 5. The molecule has 1 aromatic rings. The molecule has 0 spiro atoms. The Morgan fingerprint density at radius 3 is 2.30 bits per heavy atom. The third-order valence-corrected chi connectivity index (χ3v) is 2.93. The van der Waals surface area contributed by atoms with Gasteiger partial charge in [-0.2, -0.15) is 13.2 Å². The molecule has 0 atom stereocenters. The molecule has 1 aromatic carbocycles. The van der Waals surface area contributed by atoms with Gasteiger partial charge >= 0.3 is 5.51 Å². The van der Waals surface area contributed by atoms with Crippen LogP contribution < -0.4 is 10.1 Å². The van der Waals surface area contributed by atoms with Gasteiger partial charge in [-0.05, 0) is 36.0 Å². The Balaban J connectivity index is 2.58. The largest absolute Gasteiger partial charge is 0.487 e. The van der Waals surface area contributed by atoms with Crippen molar-refractivity contribution >= 4 is 11.8 Å².